The third-order valence-corrected chi connectivity index (χ3v) is 5.25. The van der Waals surface area contributed by atoms with E-state index in [1.165, 1.54) is 0 Å². The molecule has 3 rings (SSSR count). The number of nitrogens with one attached hydrogen (secondary N) is 2. The predicted octanol–water partition coefficient (Wildman–Crippen LogP) is 6.42. The third kappa shape index (κ3) is 6.83. The number of nitrogens with zero attached hydrogens (tertiary/aromatic N) is 2. The normalized spacial score (nSPS) is 11.1. The lowest BCUT2D eigenvalue weighted by molar-refractivity contribution is -0.141. The molecule has 2 aromatic carbocycles. The molecular weight excluding hydrogens is 493 g/mol. The molecule has 10 heteroatoms. The van der Waals surface area contributed by atoms with Gasteiger partial charge in [-0.25, -0.2) is 9.97 Å². The second-order valence-corrected chi connectivity index (χ2v) is 8.09. The molecule has 0 bridgehead atoms. The van der Waals surface area contributed by atoms with Gasteiger partial charge in [0.15, 0.2) is 10.9 Å². The maximum absolute atomic E-state index is 13.4. The highest BCUT2D eigenvalue weighted by Crippen LogP contribution is 2.32. The third-order valence-electron chi connectivity index (χ3n) is 3.84. The van der Waals surface area contributed by atoms with Crippen LogP contribution >= 0.6 is 27.7 Å². The Hall–Kier alpha value is -2.85. The smallest absolute Gasteiger partial charge is 0.340 e. The van der Waals surface area contributed by atoms with Crippen molar-refractivity contribution in [3.05, 3.63) is 83.0 Å². The molecule has 160 valence electrons. The molecule has 0 aliphatic rings. The minimum Gasteiger partial charge on any atom is -0.340 e. The van der Waals surface area contributed by atoms with Gasteiger partial charge in [0.05, 0.1) is 0 Å². The van der Waals surface area contributed by atoms with Crippen LogP contribution in [0.25, 0.3) is 0 Å². The highest BCUT2D eigenvalue weighted by atomic mass is 79.9. The molecule has 5 nitrogen and oxygen atoms in total. The Morgan fingerprint density at radius 2 is 1.84 bits per heavy atom. The molecule has 0 fully saturated rings. The Bertz CT molecular complexity index is 1110. The SMILES string of the molecule is C=CC(=O)Nc1cccc(Nc2cc(C(F)(F)F)nc(SCc3cccc(Br)c3)n2)c1. The molecule has 0 aliphatic heterocycles. The number of benzene rings is 2. The van der Waals surface area contributed by atoms with Crippen molar-refractivity contribution in [1.29, 1.82) is 0 Å². The number of rotatable bonds is 7. The summed E-state index contributed by atoms with van der Waals surface area (Å²) in [5, 5.41) is 5.43. The fourth-order valence-electron chi connectivity index (χ4n) is 2.49. The zero-order valence-electron chi connectivity index (χ0n) is 15.9. The second-order valence-electron chi connectivity index (χ2n) is 6.24. The van der Waals surface area contributed by atoms with E-state index in [2.05, 4.69) is 43.1 Å². The van der Waals surface area contributed by atoms with Gasteiger partial charge in [0.1, 0.15) is 5.82 Å². The van der Waals surface area contributed by atoms with Crippen LogP contribution in [0, 0.1) is 0 Å². The lowest BCUT2D eigenvalue weighted by atomic mass is 10.2. The van der Waals surface area contributed by atoms with Crippen molar-refractivity contribution in [3.63, 3.8) is 0 Å². The fourth-order valence-corrected chi connectivity index (χ4v) is 3.74. The maximum atomic E-state index is 13.4. The van der Waals surface area contributed by atoms with Crippen molar-refractivity contribution in [2.24, 2.45) is 0 Å². The molecular formula is C21H16BrF3N4OS. The summed E-state index contributed by atoms with van der Waals surface area (Å²) in [5.41, 5.74) is 0.791. The number of thioether (sulfide) groups is 1. The van der Waals surface area contributed by atoms with Gasteiger partial charge in [-0.2, -0.15) is 13.2 Å². The predicted molar refractivity (Wildman–Crippen MR) is 119 cm³/mol. The van der Waals surface area contributed by atoms with E-state index in [9.17, 15) is 18.0 Å². The van der Waals surface area contributed by atoms with Gasteiger partial charge >= 0.3 is 6.18 Å². The number of amides is 1. The number of alkyl halides is 3. The number of hydrogen-bond donors (Lipinski definition) is 2. The zero-order chi connectivity index (χ0) is 22.4. The average Bonchev–Trinajstić information content (AvgIpc) is 2.72. The molecule has 0 unspecified atom stereocenters. The maximum Gasteiger partial charge on any atom is 0.433 e. The van der Waals surface area contributed by atoms with E-state index < -0.39 is 17.8 Å². The van der Waals surface area contributed by atoms with Crippen molar-refractivity contribution in [3.8, 4) is 0 Å². The van der Waals surface area contributed by atoms with Gasteiger partial charge < -0.3 is 10.6 Å². The first kappa shape index (κ1) is 22.8. The van der Waals surface area contributed by atoms with Crippen molar-refractivity contribution in [2.75, 3.05) is 10.6 Å². The Morgan fingerprint density at radius 1 is 1.10 bits per heavy atom. The van der Waals surface area contributed by atoms with E-state index in [0.29, 0.717) is 17.1 Å². The van der Waals surface area contributed by atoms with Crippen LogP contribution in [-0.4, -0.2) is 15.9 Å². The van der Waals surface area contributed by atoms with Crippen molar-refractivity contribution >= 4 is 50.8 Å². The van der Waals surface area contributed by atoms with Gasteiger partial charge in [-0.1, -0.05) is 52.5 Å². The summed E-state index contributed by atoms with van der Waals surface area (Å²) in [4.78, 5) is 19.3. The lowest BCUT2D eigenvalue weighted by Crippen LogP contribution is -2.11. The first-order valence-corrected chi connectivity index (χ1v) is 10.6. The Kier molecular flexibility index (Phi) is 7.34. The molecule has 1 aromatic heterocycles. The molecule has 1 amide bonds. The van der Waals surface area contributed by atoms with Crippen LogP contribution in [0.3, 0.4) is 0 Å². The molecule has 2 N–H and O–H groups in total. The Morgan fingerprint density at radius 3 is 2.55 bits per heavy atom. The molecule has 0 aliphatic carbocycles. The van der Waals surface area contributed by atoms with Crippen molar-refractivity contribution < 1.29 is 18.0 Å². The molecule has 3 aromatic rings. The standard InChI is InChI=1S/C21H16BrF3N4OS/c1-2-19(30)27-16-8-4-7-15(10-16)26-18-11-17(21(23,24)25)28-20(29-18)31-12-13-5-3-6-14(22)9-13/h2-11H,1,12H2,(H,27,30)(H,26,28,29). The highest BCUT2D eigenvalue weighted by molar-refractivity contribution is 9.10. The van der Waals surface area contributed by atoms with Crippen LogP contribution in [-0.2, 0) is 16.7 Å². The average molecular weight is 509 g/mol. The summed E-state index contributed by atoms with van der Waals surface area (Å²) in [6.07, 6.45) is -3.50. The van der Waals surface area contributed by atoms with Crippen LogP contribution in [0.1, 0.15) is 11.3 Å². The fraction of sp³-hybridized carbons (Fsp3) is 0.0952. The van der Waals surface area contributed by atoms with E-state index in [1.807, 2.05) is 24.3 Å². The van der Waals surface area contributed by atoms with E-state index in [1.54, 1.807) is 24.3 Å². The minimum absolute atomic E-state index is 0.00610. The molecule has 0 radical (unpaired) electrons. The molecule has 0 atom stereocenters. The van der Waals surface area contributed by atoms with Gasteiger partial charge in [-0.05, 0) is 42.0 Å². The van der Waals surface area contributed by atoms with E-state index in [0.717, 1.165) is 33.9 Å². The summed E-state index contributed by atoms with van der Waals surface area (Å²) in [5.74, 6) is -0.000429. The van der Waals surface area contributed by atoms with Gasteiger partial charge in [0, 0.05) is 27.7 Å². The van der Waals surface area contributed by atoms with Crippen molar-refractivity contribution in [2.45, 2.75) is 17.1 Å². The largest absolute Gasteiger partial charge is 0.433 e. The second kappa shape index (κ2) is 9.97. The van der Waals surface area contributed by atoms with Crippen LogP contribution in [0.5, 0.6) is 0 Å². The summed E-state index contributed by atoms with van der Waals surface area (Å²) in [6.45, 7) is 3.38. The van der Waals surface area contributed by atoms with Gasteiger partial charge in [-0.15, -0.1) is 0 Å². The Labute approximate surface area is 189 Å². The minimum atomic E-state index is -4.62. The summed E-state index contributed by atoms with van der Waals surface area (Å²) >= 11 is 4.47. The molecule has 0 saturated heterocycles. The zero-order valence-corrected chi connectivity index (χ0v) is 18.3. The molecule has 0 saturated carbocycles. The Balaban J connectivity index is 1.84. The number of hydrogen-bond acceptors (Lipinski definition) is 5. The van der Waals surface area contributed by atoms with E-state index in [-0.39, 0.29) is 11.0 Å². The number of anilines is 3. The molecule has 1 heterocycles. The number of carbonyl (C=O) groups is 1. The van der Waals surface area contributed by atoms with Crippen LogP contribution in [0.2, 0.25) is 0 Å². The van der Waals surface area contributed by atoms with Crippen LogP contribution in [0.4, 0.5) is 30.4 Å². The first-order valence-electron chi connectivity index (χ1n) is 8.87. The van der Waals surface area contributed by atoms with E-state index >= 15 is 0 Å². The lowest BCUT2D eigenvalue weighted by Gasteiger charge is -2.12. The summed E-state index contributed by atoms with van der Waals surface area (Å²) < 4.78 is 41.0. The van der Waals surface area contributed by atoms with Gasteiger partial charge in [-0.3, -0.25) is 4.79 Å². The number of carbonyl (C=O) groups excluding carboxylic acids is 1. The number of halogens is 4. The first-order chi connectivity index (χ1) is 14.7. The molecule has 31 heavy (non-hydrogen) atoms. The van der Waals surface area contributed by atoms with Gasteiger partial charge in [0.25, 0.3) is 0 Å². The summed E-state index contributed by atoms with van der Waals surface area (Å²) in [7, 11) is 0. The topological polar surface area (TPSA) is 66.9 Å². The number of aromatic nitrogens is 2. The molecule has 0 spiro atoms. The quantitative estimate of drug-likeness (QED) is 0.219. The van der Waals surface area contributed by atoms with Crippen molar-refractivity contribution in [1.82, 2.24) is 9.97 Å². The van der Waals surface area contributed by atoms with Crippen LogP contribution < -0.4 is 10.6 Å². The van der Waals surface area contributed by atoms with Gasteiger partial charge in [0.2, 0.25) is 5.91 Å². The van der Waals surface area contributed by atoms with Crippen LogP contribution in [0.15, 0.2) is 76.9 Å². The van der Waals surface area contributed by atoms with E-state index in [4.69, 9.17) is 0 Å². The summed E-state index contributed by atoms with van der Waals surface area (Å²) in [6, 6.07) is 14.8. The highest BCUT2D eigenvalue weighted by Gasteiger charge is 2.33. The monoisotopic (exact) mass is 508 g/mol.